The van der Waals surface area contributed by atoms with Gasteiger partial charge < -0.3 is 10.8 Å². The Morgan fingerprint density at radius 2 is 1.83 bits per heavy atom. The molecule has 0 radical (unpaired) electrons. The molecule has 0 unspecified atom stereocenters. The fraction of sp³-hybridized carbons (Fsp3) is 0.200. The maximum Gasteiger partial charge on any atom is 0.336 e. The topological polar surface area (TPSA) is 87.1 Å². The number of carbonyl (C=O) groups is 1. The Bertz CT molecular complexity index is 812. The summed E-state index contributed by atoms with van der Waals surface area (Å²) in [6, 6.07) is 16.4. The number of aromatic carboxylic acids is 1. The van der Waals surface area contributed by atoms with Crippen LogP contribution in [0.2, 0.25) is 0 Å². The van der Waals surface area contributed by atoms with E-state index in [2.05, 4.69) is 19.9 Å². The van der Waals surface area contributed by atoms with E-state index in [1.807, 2.05) is 24.3 Å². The number of nitrogens with two attached hydrogens (primary N) is 1. The highest BCUT2D eigenvalue weighted by atomic mass is 16.4. The molecule has 2 aromatic rings. The first kappa shape index (κ1) is 17.5. The molecule has 2 aromatic carbocycles. The summed E-state index contributed by atoms with van der Waals surface area (Å²) in [5.74, 6) is -1.01. The van der Waals surface area contributed by atoms with Crippen molar-refractivity contribution in [1.82, 2.24) is 0 Å². The van der Waals surface area contributed by atoms with Crippen molar-refractivity contribution in [3.05, 3.63) is 70.8 Å². The second-order valence-corrected chi connectivity index (χ2v) is 6.23. The normalized spacial score (nSPS) is 11.8. The monoisotopic (exact) mass is 320 g/mol. The standard InChI is InChI=1S/C20H20N2O2/c1-20(2,13-22)17-9-7-14(8-10-17)16(12-21)11-15-5-3-4-6-18(15)19(23)24/h3-11H,13,22H2,1-2H3,(H,23,24)/b16-11+. The summed E-state index contributed by atoms with van der Waals surface area (Å²) in [5.41, 5.74) is 8.59. The molecule has 0 aliphatic carbocycles. The van der Waals surface area contributed by atoms with Crippen LogP contribution in [0, 0.1) is 11.3 Å². The summed E-state index contributed by atoms with van der Waals surface area (Å²) >= 11 is 0. The fourth-order valence-corrected chi connectivity index (χ4v) is 2.37. The van der Waals surface area contributed by atoms with Crippen molar-refractivity contribution >= 4 is 17.6 Å². The van der Waals surface area contributed by atoms with Crippen molar-refractivity contribution in [2.45, 2.75) is 19.3 Å². The van der Waals surface area contributed by atoms with Crippen LogP contribution in [0.4, 0.5) is 0 Å². The second-order valence-electron chi connectivity index (χ2n) is 6.23. The predicted octanol–water partition coefficient (Wildman–Crippen LogP) is 3.69. The Kier molecular flexibility index (Phi) is 5.18. The molecular formula is C20H20N2O2. The van der Waals surface area contributed by atoms with Crippen molar-refractivity contribution < 1.29 is 9.90 Å². The summed E-state index contributed by atoms with van der Waals surface area (Å²) in [6.07, 6.45) is 1.60. The lowest BCUT2D eigenvalue weighted by Gasteiger charge is -2.23. The molecule has 0 aromatic heterocycles. The molecule has 0 atom stereocenters. The molecule has 0 bridgehead atoms. The minimum atomic E-state index is -1.01. The number of benzene rings is 2. The van der Waals surface area contributed by atoms with E-state index in [4.69, 9.17) is 5.73 Å². The van der Waals surface area contributed by atoms with Crippen LogP contribution in [0.15, 0.2) is 48.5 Å². The van der Waals surface area contributed by atoms with Crippen LogP contribution in [0.5, 0.6) is 0 Å². The molecule has 3 N–H and O–H groups in total. The maximum absolute atomic E-state index is 11.3. The van der Waals surface area contributed by atoms with Crippen LogP contribution in [0.1, 0.15) is 40.9 Å². The summed E-state index contributed by atoms with van der Waals surface area (Å²) in [6.45, 7) is 4.65. The average Bonchev–Trinajstić information content (AvgIpc) is 2.60. The largest absolute Gasteiger partial charge is 0.478 e. The molecule has 4 heteroatoms. The SMILES string of the molecule is CC(C)(CN)c1ccc(/C(C#N)=C/c2ccccc2C(=O)O)cc1. The van der Waals surface area contributed by atoms with Crippen molar-refractivity contribution in [2.24, 2.45) is 5.73 Å². The van der Waals surface area contributed by atoms with Gasteiger partial charge in [-0.05, 0) is 28.8 Å². The number of hydrogen-bond donors (Lipinski definition) is 2. The number of rotatable bonds is 5. The van der Waals surface area contributed by atoms with Gasteiger partial charge in [0, 0.05) is 12.0 Å². The molecule has 0 aliphatic rings. The smallest absolute Gasteiger partial charge is 0.336 e. The van der Waals surface area contributed by atoms with E-state index in [0.29, 0.717) is 17.7 Å². The number of nitriles is 1. The van der Waals surface area contributed by atoms with E-state index in [-0.39, 0.29) is 11.0 Å². The zero-order valence-corrected chi connectivity index (χ0v) is 13.8. The van der Waals surface area contributed by atoms with Gasteiger partial charge in [0.15, 0.2) is 0 Å². The van der Waals surface area contributed by atoms with Gasteiger partial charge in [0.2, 0.25) is 0 Å². The second kappa shape index (κ2) is 7.12. The van der Waals surface area contributed by atoms with Crippen LogP contribution in [0.3, 0.4) is 0 Å². The fourth-order valence-electron chi connectivity index (χ4n) is 2.37. The molecule has 122 valence electrons. The first-order chi connectivity index (χ1) is 11.4. The highest BCUT2D eigenvalue weighted by molar-refractivity contribution is 5.97. The molecule has 2 rings (SSSR count). The Labute approximate surface area is 141 Å². The summed E-state index contributed by atoms with van der Waals surface area (Å²) in [4.78, 5) is 11.3. The Morgan fingerprint density at radius 3 is 2.38 bits per heavy atom. The van der Waals surface area contributed by atoms with Crippen molar-refractivity contribution in [3.63, 3.8) is 0 Å². The van der Waals surface area contributed by atoms with Crippen LogP contribution in [-0.2, 0) is 5.41 Å². The molecule has 0 saturated carbocycles. The van der Waals surface area contributed by atoms with E-state index in [9.17, 15) is 15.2 Å². The lowest BCUT2D eigenvalue weighted by Crippen LogP contribution is -2.27. The third-order valence-corrected chi connectivity index (χ3v) is 4.10. The predicted molar refractivity (Wildman–Crippen MR) is 95.4 cm³/mol. The van der Waals surface area contributed by atoms with Gasteiger partial charge in [0.25, 0.3) is 0 Å². The Hall–Kier alpha value is -2.90. The van der Waals surface area contributed by atoms with Crippen LogP contribution in [0.25, 0.3) is 11.6 Å². The molecule has 0 aliphatic heterocycles. The van der Waals surface area contributed by atoms with E-state index >= 15 is 0 Å². The number of carboxylic acids is 1. The minimum Gasteiger partial charge on any atom is -0.478 e. The van der Waals surface area contributed by atoms with E-state index in [1.54, 1.807) is 24.3 Å². The zero-order valence-electron chi connectivity index (χ0n) is 13.8. The lowest BCUT2D eigenvalue weighted by atomic mass is 9.84. The Balaban J connectivity index is 2.43. The molecule has 0 spiro atoms. The van der Waals surface area contributed by atoms with Gasteiger partial charge in [-0.1, -0.05) is 56.3 Å². The third kappa shape index (κ3) is 3.70. The quantitative estimate of drug-likeness (QED) is 0.650. The zero-order chi connectivity index (χ0) is 17.7. The maximum atomic E-state index is 11.3. The summed E-state index contributed by atoms with van der Waals surface area (Å²) < 4.78 is 0. The van der Waals surface area contributed by atoms with Crippen molar-refractivity contribution in [1.29, 1.82) is 5.26 Å². The molecule has 0 saturated heterocycles. The molecule has 24 heavy (non-hydrogen) atoms. The number of allylic oxidation sites excluding steroid dienone is 1. The first-order valence-corrected chi connectivity index (χ1v) is 7.64. The molecular weight excluding hydrogens is 300 g/mol. The number of carboxylic acid groups (broad SMARTS) is 1. The molecule has 0 heterocycles. The molecule has 0 fully saturated rings. The van der Waals surface area contributed by atoms with Gasteiger partial charge in [-0.15, -0.1) is 0 Å². The highest BCUT2D eigenvalue weighted by Gasteiger charge is 2.18. The van der Waals surface area contributed by atoms with Gasteiger partial charge >= 0.3 is 5.97 Å². The van der Waals surface area contributed by atoms with E-state index in [1.165, 1.54) is 6.07 Å². The third-order valence-electron chi connectivity index (χ3n) is 4.10. The van der Waals surface area contributed by atoms with Gasteiger partial charge in [-0.2, -0.15) is 5.26 Å². The lowest BCUT2D eigenvalue weighted by molar-refractivity contribution is 0.0696. The van der Waals surface area contributed by atoms with Crippen molar-refractivity contribution in [3.8, 4) is 6.07 Å². The van der Waals surface area contributed by atoms with Crippen LogP contribution < -0.4 is 5.73 Å². The van der Waals surface area contributed by atoms with Crippen molar-refractivity contribution in [2.75, 3.05) is 6.54 Å². The average molecular weight is 320 g/mol. The van der Waals surface area contributed by atoms with Crippen LogP contribution >= 0.6 is 0 Å². The van der Waals surface area contributed by atoms with Gasteiger partial charge in [-0.3, -0.25) is 0 Å². The van der Waals surface area contributed by atoms with Crippen LogP contribution in [-0.4, -0.2) is 17.6 Å². The molecule has 4 nitrogen and oxygen atoms in total. The van der Waals surface area contributed by atoms with Gasteiger partial charge in [0.05, 0.1) is 17.2 Å². The summed E-state index contributed by atoms with van der Waals surface area (Å²) in [7, 11) is 0. The Morgan fingerprint density at radius 1 is 1.21 bits per heavy atom. The van der Waals surface area contributed by atoms with E-state index < -0.39 is 5.97 Å². The van der Waals surface area contributed by atoms with E-state index in [0.717, 1.165) is 11.1 Å². The van der Waals surface area contributed by atoms with Gasteiger partial charge in [0.1, 0.15) is 0 Å². The highest BCUT2D eigenvalue weighted by Crippen LogP contribution is 2.25. The molecule has 0 amide bonds. The van der Waals surface area contributed by atoms with Gasteiger partial charge in [-0.25, -0.2) is 4.79 Å². The minimum absolute atomic E-state index is 0.134. The number of hydrogen-bond acceptors (Lipinski definition) is 3. The summed E-state index contributed by atoms with van der Waals surface area (Å²) in [5, 5.41) is 18.7. The number of nitrogens with zero attached hydrogens (tertiary/aromatic N) is 1. The first-order valence-electron chi connectivity index (χ1n) is 7.64.